The normalized spacial score (nSPS) is 11.4. The Hall–Kier alpha value is -2.55. The summed E-state index contributed by atoms with van der Waals surface area (Å²) in [6.45, 7) is 1.25. The lowest BCUT2D eigenvalue weighted by Crippen LogP contribution is -2.31. The molecule has 0 fully saturated rings. The molecule has 0 saturated heterocycles. The Morgan fingerprint density at radius 3 is 2.60 bits per heavy atom. The maximum Gasteiger partial charge on any atom is 0.416 e. The van der Waals surface area contributed by atoms with Crippen molar-refractivity contribution in [2.24, 2.45) is 0 Å². The molecule has 0 atom stereocenters. The third-order valence-corrected chi connectivity index (χ3v) is 3.38. The number of nitrogens with zero attached hydrogens (tertiary/aromatic N) is 2. The van der Waals surface area contributed by atoms with E-state index in [0.717, 1.165) is 12.1 Å². The number of urea groups is 1. The predicted octanol–water partition coefficient (Wildman–Crippen LogP) is 3.11. The number of aromatic nitrogens is 2. The molecule has 0 radical (unpaired) electrons. The first-order valence-electron chi connectivity index (χ1n) is 7.62. The first-order valence-corrected chi connectivity index (χ1v) is 7.62. The fraction of sp³-hybridized carbons (Fsp3) is 0.375. The van der Waals surface area contributed by atoms with Gasteiger partial charge in [0.05, 0.1) is 18.3 Å². The van der Waals surface area contributed by atoms with Gasteiger partial charge in [0.1, 0.15) is 5.82 Å². The molecule has 9 heteroatoms. The number of carbonyl (C=O) groups is 1. The molecule has 0 unspecified atom stereocenters. The monoisotopic (exact) mass is 356 g/mol. The number of anilines is 1. The van der Waals surface area contributed by atoms with Gasteiger partial charge in [-0.2, -0.15) is 18.3 Å². The van der Waals surface area contributed by atoms with Gasteiger partial charge in [-0.15, -0.1) is 0 Å². The lowest BCUT2D eigenvalue weighted by atomic mass is 10.1. The summed E-state index contributed by atoms with van der Waals surface area (Å²) in [5.41, 5.74) is -0.0641. The fourth-order valence-corrected chi connectivity index (χ4v) is 2.12. The molecule has 0 aliphatic carbocycles. The second-order valence-corrected chi connectivity index (χ2v) is 5.30. The molecule has 1 aromatic carbocycles. The van der Waals surface area contributed by atoms with Crippen molar-refractivity contribution in [1.29, 1.82) is 0 Å². The molecule has 1 heterocycles. The highest BCUT2D eigenvalue weighted by atomic mass is 19.4. The van der Waals surface area contributed by atoms with Crippen molar-refractivity contribution in [3.8, 4) is 0 Å². The van der Waals surface area contributed by atoms with Crippen LogP contribution in [-0.4, -0.2) is 36.1 Å². The third kappa shape index (κ3) is 5.79. The van der Waals surface area contributed by atoms with Gasteiger partial charge in [-0.1, -0.05) is 12.1 Å². The number of ether oxygens (including phenoxy) is 1. The van der Waals surface area contributed by atoms with E-state index in [1.165, 1.54) is 23.0 Å². The van der Waals surface area contributed by atoms with Gasteiger partial charge >= 0.3 is 12.2 Å². The number of rotatable bonds is 7. The van der Waals surface area contributed by atoms with Gasteiger partial charge in [0.2, 0.25) is 0 Å². The highest BCUT2D eigenvalue weighted by molar-refractivity contribution is 5.88. The average molecular weight is 356 g/mol. The Bertz CT molecular complexity index is 683. The summed E-state index contributed by atoms with van der Waals surface area (Å²) in [5, 5.41) is 9.41. The van der Waals surface area contributed by atoms with Crippen LogP contribution in [-0.2, 0) is 17.5 Å². The first kappa shape index (κ1) is 18.8. The van der Waals surface area contributed by atoms with E-state index < -0.39 is 11.7 Å². The van der Waals surface area contributed by atoms with Crippen molar-refractivity contribution in [2.75, 3.05) is 25.6 Å². The number of nitrogens with one attached hydrogen (secondary N) is 2. The first-order chi connectivity index (χ1) is 11.9. The van der Waals surface area contributed by atoms with E-state index in [2.05, 4.69) is 15.7 Å². The highest BCUT2D eigenvalue weighted by Gasteiger charge is 2.29. The van der Waals surface area contributed by atoms with Crippen LogP contribution in [0.5, 0.6) is 0 Å². The maximum absolute atomic E-state index is 12.6. The molecule has 0 aliphatic heterocycles. The van der Waals surface area contributed by atoms with Gasteiger partial charge in [0.25, 0.3) is 0 Å². The SMILES string of the molecule is COCCCNC(=O)Nc1ccnn1Cc1ccc(C(F)(F)F)cc1. The summed E-state index contributed by atoms with van der Waals surface area (Å²) in [6, 6.07) is 6.05. The molecule has 0 saturated carbocycles. The number of carbonyl (C=O) groups excluding carboxylic acids is 1. The van der Waals surface area contributed by atoms with Crippen LogP contribution < -0.4 is 10.6 Å². The van der Waals surface area contributed by atoms with E-state index in [1.807, 2.05) is 0 Å². The van der Waals surface area contributed by atoms with Crippen molar-refractivity contribution < 1.29 is 22.7 Å². The second-order valence-electron chi connectivity index (χ2n) is 5.30. The quantitative estimate of drug-likeness (QED) is 0.749. The highest BCUT2D eigenvalue weighted by Crippen LogP contribution is 2.29. The Morgan fingerprint density at radius 1 is 1.24 bits per heavy atom. The van der Waals surface area contributed by atoms with Gasteiger partial charge in [0.15, 0.2) is 0 Å². The molecule has 6 nitrogen and oxygen atoms in total. The van der Waals surface area contributed by atoms with E-state index in [9.17, 15) is 18.0 Å². The standard InChI is InChI=1S/C16H19F3N4O2/c1-25-10-2-8-20-15(24)22-14-7-9-21-23(14)11-12-3-5-13(6-4-12)16(17,18)19/h3-7,9H,2,8,10-11H2,1H3,(H2,20,22,24). The number of alkyl halides is 3. The Labute approximate surface area is 143 Å². The van der Waals surface area contributed by atoms with Crippen LogP contribution in [0.2, 0.25) is 0 Å². The maximum atomic E-state index is 12.6. The zero-order valence-corrected chi connectivity index (χ0v) is 13.6. The van der Waals surface area contributed by atoms with Gasteiger partial charge < -0.3 is 10.1 Å². The molecule has 2 rings (SSSR count). The van der Waals surface area contributed by atoms with E-state index in [0.29, 0.717) is 31.0 Å². The Kier molecular flexibility index (Phi) is 6.40. The molecule has 2 N–H and O–H groups in total. The summed E-state index contributed by atoms with van der Waals surface area (Å²) in [5.74, 6) is 0.448. The van der Waals surface area contributed by atoms with Crippen LogP contribution in [0, 0.1) is 0 Å². The van der Waals surface area contributed by atoms with Crippen molar-refractivity contribution in [1.82, 2.24) is 15.1 Å². The summed E-state index contributed by atoms with van der Waals surface area (Å²) >= 11 is 0. The van der Waals surface area contributed by atoms with Crippen LogP contribution in [0.4, 0.5) is 23.8 Å². The number of hydrogen-bond acceptors (Lipinski definition) is 3. The molecule has 2 aromatic rings. The number of amides is 2. The van der Waals surface area contributed by atoms with Crippen LogP contribution in [0.25, 0.3) is 0 Å². The largest absolute Gasteiger partial charge is 0.416 e. The van der Waals surface area contributed by atoms with E-state index in [1.54, 1.807) is 13.2 Å². The van der Waals surface area contributed by atoms with Crippen molar-refractivity contribution >= 4 is 11.8 Å². The topological polar surface area (TPSA) is 68.2 Å². The van der Waals surface area contributed by atoms with Crippen molar-refractivity contribution in [3.05, 3.63) is 47.7 Å². The van der Waals surface area contributed by atoms with Crippen LogP contribution in [0.15, 0.2) is 36.5 Å². The Morgan fingerprint density at radius 2 is 1.96 bits per heavy atom. The van der Waals surface area contributed by atoms with Crippen molar-refractivity contribution in [3.63, 3.8) is 0 Å². The number of halogens is 3. The molecule has 0 bridgehead atoms. The summed E-state index contributed by atoms with van der Waals surface area (Å²) in [7, 11) is 1.58. The summed E-state index contributed by atoms with van der Waals surface area (Å²) in [4.78, 5) is 11.8. The lowest BCUT2D eigenvalue weighted by Gasteiger charge is -2.11. The molecule has 25 heavy (non-hydrogen) atoms. The molecule has 0 aliphatic rings. The lowest BCUT2D eigenvalue weighted by molar-refractivity contribution is -0.137. The average Bonchev–Trinajstić information content (AvgIpc) is 2.98. The molecule has 0 spiro atoms. The molecule has 2 amide bonds. The minimum Gasteiger partial charge on any atom is -0.385 e. The van der Waals surface area contributed by atoms with Crippen LogP contribution in [0.3, 0.4) is 0 Å². The van der Waals surface area contributed by atoms with E-state index in [4.69, 9.17) is 4.74 Å². The van der Waals surface area contributed by atoms with Gasteiger partial charge in [0, 0.05) is 26.3 Å². The van der Waals surface area contributed by atoms with Crippen molar-refractivity contribution in [2.45, 2.75) is 19.1 Å². The summed E-state index contributed by atoms with van der Waals surface area (Å²) in [6.07, 6.45) is -2.17. The molecular weight excluding hydrogens is 337 g/mol. The second kappa shape index (κ2) is 8.52. The fourth-order valence-electron chi connectivity index (χ4n) is 2.12. The number of hydrogen-bond donors (Lipinski definition) is 2. The zero-order chi connectivity index (χ0) is 18.3. The summed E-state index contributed by atoms with van der Waals surface area (Å²) < 4.78 is 44.1. The molecule has 1 aromatic heterocycles. The minimum atomic E-state index is -4.36. The predicted molar refractivity (Wildman–Crippen MR) is 86.3 cm³/mol. The van der Waals surface area contributed by atoms with Gasteiger partial charge in [-0.3, -0.25) is 5.32 Å². The number of benzene rings is 1. The Balaban J connectivity index is 1.94. The minimum absolute atomic E-state index is 0.241. The zero-order valence-electron chi connectivity index (χ0n) is 13.6. The van der Waals surface area contributed by atoms with E-state index >= 15 is 0 Å². The van der Waals surface area contributed by atoms with Gasteiger partial charge in [-0.05, 0) is 24.1 Å². The third-order valence-electron chi connectivity index (χ3n) is 3.38. The van der Waals surface area contributed by atoms with Crippen LogP contribution >= 0.6 is 0 Å². The molecular formula is C16H19F3N4O2. The molecule has 136 valence electrons. The van der Waals surface area contributed by atoms with E-state index in [-0.39, 0.29) is 12.6 Å². The number of methoxy groups -OCH3 is 1. The smallest absolute Gasteiger partial charge is 0.385 e. The van der Waals surface area contributed by atoms with Gasteiger partial charge in [-0.25, -0.2) is 9.48 Å². The van der Waals surface area contributed by atoms with Crippen LogP contribution in [0.1, 0.15) is 17.5 Å².